The Morgan fingerprint density at radius 1 is 1.53 bits per heavy atom. The van der Waals surface area contributed by atoms with Crippen LogP contribution in [0.1, 0.15) is 19.2 Å². The van der Waals surface area contributed by atoms with E-state index in [1.165, 1.54) is 0 Å². The molecule has 6 heteroatoms. The molecular formula is C13H14BrClN2O2. The minimum Gasteiger partial charge on any atom is -0.466 e. The van der Waals surface area contributed by atoms with Gasteiger partial charge in [0.25, 0.3) is 0 Å². The number of nitrogens with zero attached hydrogens (tertiary/aromatic N) is 2. The van der Waals surface area contributed by atoms with Gasteiger partial charge in [-0.15, -0.1) is 11.6 Å². The van der Waals surface area contributed by atoms with Crippen LogP contribution in [0.5, 0.6) is 0 Å². The monoisotopic (exact) mass is 344 g/mol. The molecule has 0 radical (unpaired) electrons. The summed E-state index contributed by atoms with van der Waals surface area (Å²) in [7, 11) is 0. The van der Waals surface area contributed by atoms with Crippen molar-refractivity contribution in [3.05, 3.63) is 28.5 Å². The number of fused-ring (bicyclic) bond motifs is 1. The summed E-state index contributed by atoms with van der Waals surface area (Å²) in [5, 5.41) is 0. The minimum absolute atomic E-state index is 0.206. The molecule has 0 aliphatic rings. The van der Waals surface area contributed by atoms with Crippen molar-refractivity contribution >= 4 is 44.5 Å². The van der Waals surface area contributed by atoms with Crippen molar-refractivity contribution in [1.82, 2.24) is 9.55 Å². The standard InChI is InChI=1S/C13H14BrClN2O2/c1-2-19-13(18)5-6-17-11-4-3-9(14)7-10(11)16-12(17)8-15/h3-4,7H,2,5-6,8H2,1H3. The molecule has 2 aromatic rings. The fourth-order valence-corrected chi connectivity index (χ4v) is 2.49. The number of imidazole rings is 1. The highest BCUT2D eigenvalue weighted by Crippen LogP contribution is 2.22. The Kier molecular flexibility index (Phi) is 4.82. The lowest BCUT2D eigenvalue weighted by molar-refractivity contribution is -0.143. The van der Waals surface area contributed by atoms with Crippen molar-refractivity contribution in [3.63, 3.8) is 0 Å². The van der Waals surface area contributed by atoms with E-state index in [9.17, 15) is 4.79 Å². The molecular weight excluding hydrogens is 332 g/mol. The van der Waals surface area contributed by atoms with E-state index in [2.05, 4.69) is 20.9 Å². The number of alkyl halides is 1. The van der Waals surface area contributed by atoms with Gasteiger partial charge < -0.3 is 9.30 Å². The van der Waals surface area contributed by atoms with Crippen molar-refractivity contribution in [1.29, 1.82) is 0 Å². The fourth-order valence-electron chi connectivity index (χ4n) is 1.94. The number of aryl methyl sites for hydroxylation is 1. The Balaban J connectivity index is 2.27. The first-order valence-corrected chi connectivity index (χ1v) is 7.34. The second-order valence-corrected chi connectivity index (χ2v) is 5.18. The summed E-state index contributed by atoms with van der Waals surface area (Å²) in [6, 6.07) is 5.85. The van der Waals surface area contributed by atoms with Crippen LogP contribution in [0.2, 0.25) is 0 Å². The number of esters is 1. The number of carbonyl (C=O) groups is 1. The van der Waals surface area contributed by atoms with E-state index in [1.54, 1.807) is 6.92 Å². The number of aromatic nitrogens is 2. The second-order valence-electron chi connectivity index (χ2n) is 4.00. The molecule has 19 heavy (non-hydrogen) atoms. The number of carbonyl (C=O) groups excluding carboxylic acids is 1. The molecule has 0 saturated heterocycles. The Morgan fingerprint density at radius 3 is 3.00 bits per heavy atom. The molecule has 1 aromatic heterocycles. The molecule has 0 atom stereocenters. The summed E-state index contributed by atoms with van der Waals surface area (Å²) in [6.45, 7) is 2.73. The Labute approximate surface area is 124 Å². The van der Waals surface area contributed by atoms with Crippen LogP contribution >= 0.6 is 27.5 Å². The number of rotatable bonds is 5. The zero-order valence-corrected chi connectivity index (χ0v) is 12.9. The summed E-state index contributed by atoms with van der Waals surface area (Å²) in [4.78, 5) is 15.9. The van der Waals surface area contributed by atoms with Gasteiger partial charge in [0.05, 0.1) is 29.9 Å². The van der Waals surface area contributed by atoms with Crippen molar-refractivity contribution in [2.24, 2.45) is 0 Å². The van der Waals surface area contributed by atoms with E-state index < -0.39 is 0 Å². The molecule has 0 spiro atoms. The zero-order valence-electron chi connectivity index (χ0n) is 10.5. The Morgan fingerprint density at radius 2 is 2.32 bits per heavy atom. The summed E-state index contributed by atoms with van der Waals surface area (Å²) < 4.78 is 7.86. The van der Waals surface area contributed by atoms with Crippen LogP contribution in [0.15, 0.2) is 22.7 Å². The number of hydrogen-bond donors (Lipinski definition) is 0. The molecule has 1 heterocycles. The Hall–Kier alpha value is -1.07. The second kappa shape index (κ2) is 6.39. The van der Waals surface area contributed by atoms with Crippen molar-refractivity contribution in [2.45, 2.75) is 25.8 Å². The van der Waals surface area contributed by atoms with E-state index in [4.69, 9.17) is 16.3 Å². The van der Waals surface area contributed by atoms with E-state index in [1.807, 2.05) is 22.8 Å². The maximum absolute atomic E-state index is 11.4. The van der Waals surface area contributed by atoms with Gasteiger partial charge in [-0.2, -0.15) is 0 Å². The third-order valence-corrected chi connectivity index (χ3v) is 3.49. The predicted molar refractivity (Wildman–Crippen MR) is 78.2 cm³/mol. The molecule has 0 saturated carbocycles. The quantitative estimate of drug-likeness (QED) is 0.615. The highest BCUT2D eigenvalue weighted by Gasteiger charge is 2.12. The largest absolute Gasteiger partial charge is 0.466 e. The summed E-state index contributed by atoms with van der Waals surface area (Å²) >= 11 is 9.32. The highest BCUT2D eigenvalue weighted by atomic mass is 79.9. The van der Waals surface area contributed by atoms with Crippen LogP contribution in [0, 0.1) is 0 Å². The molecule has 2 rings (SSSR count). The predicted octanol–water partition coefficient (Wildman–Crippen LogP) is 3.49. The van der Waals surface area contributed by atoms with Crippen LogP contribution in [0.4, 0.5) is 0 Å². The number of halogens is 2. The molecule has 102 valence electrons. The number of ether oxygens (including phenoxy) is 1. The van der Waals surface area contributed by atoms with Gasteiger partial charge in [-0.25, -0.2) is 4.98 Å². The third-order valence-electron chi connectivity index (χ3n) is 2.75. The van der Waals surface area contributed by atoms with Crippen LogP contribution in [-0.4, -0.2) is 22.1 Å². The van der Waals surface area contributed by atoms with Crippen LogP contribution in [0.25, 0.3) is 11.0 Å². The molecule has 0 fully saturated rings. The molecule has 0 amide bonds. The van der Waals surface area contributed by atoms with Crippen LogP contribution in [-0.2, 0) is 22.0 Å². The topological polar surface area (TPSA) is 44.1 Å². The zero-order chi connectivity index (χ0) is 13.8. The average Bonchev–Trinajstić information content (AvgIpc) is 2.73. The lowest BCUT2D eigenvalue weighted by Crippen LogP contribution is -2.10. The van der Waals surface area contributed by atoms with E-state index in [0.29, 0.717) is 25.5 Å². The van der Waals surface area contributed by atoms with E-state index >= 15 is 0 Å². The minimum atomic E-state index is -0.206. The van der Waals surface area contributed by atoms with Crippen molar-refractivity contribution < 1.29 is 9.53 Å². The maximum Gasteiger partial charge on any atom is 0.307 e. The molecule has 0 N–H and O–H groups in total. The maximum atomic E-state index is 11.4. The molecule has 0 aliphatic carbocycles. The van der Waals surface area contributed by atoms with Gasteiger partial charge in [0.2, 0.25) is 0 Å². The number of benzene rings is 1. The fraction of sp³-hybridized carbons (Fsp3) is 0.385. The lowest BCUT2D eigenvalue weighted by atomic mass is 10.3. The third kappa shape index (κ3) is 3.28. The molecule has 0 bridgehead atoms. The summed E-state index contributed by atoms with van der Waals surface area (Å²) in [5.41, 5.74) is 1.84. The first-order valence-electron chi connectivity index (χ1n) is 6.02. The van der Waals surface area contributed by atoms with Gasteiger partial charge in [-0.05, 0) is 25.1 Å². The van der Waals surface area contributed by atoms with Gasteiger partial charge in [0.15, 0.2) is 0 Å². The van der Waals surface area contributed by atoms with Crippen molar-refractivity contribution in [2.75, 3.05) is 6.61 Å². The van der Waals surface area contributed by atoms with E-state index in [-0.39, 0.29) is 5.97 Å². The Bertz CT molecular complexity index is 598. The van der Waals surface area contributed by atoms with Gasteiger partial charge in [0, 0.05) is 11.0 Å². The normalized spacial score (nSPS) is 10.9. The average molecular weight is 346 g/mol. The summed E-state index contributed by atoms with van der Waals surface area (Å²) in [5.74, 6) is 0.871. The molecule has 4 nitrogen and oxygen atoms in total. The first kappa shape index (κ1) is 14.3. The number of hydrogen-bond acceptors (Lipinski definition) is 3. The van der Waals surface area contributed by atoms with Crippen LogP contribution < -0.4 is 0 Å². The smallest absolute Gasteiger partial charge is 0.307 e. The molecule has 0 aliphatic heterocycles. The van der Waals surface area contributed by atoms with Gasteiger partial charge in [-0.3, -0.25) is 4.79 Å². The van der Waals surface area contributed by atoms with E-state index in [0.717, 1.165) is 21.3 Å². The van der Waals surface area contributed by atoms with Gasteiger partial charge >= 0.3 is 5.97 Å². The van der Waals surface area contributed by atoms with Crippen LogP contribution in [0.3, 0.4) is 0 Å². The highest BCUT2D eigenvalue weighted by molar-refractivity contribution is 9.10. The SMILES string of the molecule is CCOC(=O)CCn1c(CCl)nc2cc(Br)ccc21. The van der Waals surface area contributed by atoms with Gasteiger partial charge in [-0.1, -0.05) is 15.9 Å². The lowest BCUT2D eigenvalue weighted by Gasteiger charge is -2.07. The first-order chi connectivity index (χ1) is 9.15. The molecule has 1 aromatic carbocycles. The molecule has 0 unspecified atom stereocenters. The van der Waals surface area contributed by atoms with Gasteiger partial charge in [0.1, 0.15) is 5.82 Å². The summed E-state index contributed by atoms with van der Waals surface area (Å²) in [6.07, 6.45) is 0.319. The van der Waals surface area contributed by atoms with Crippen molar-refractivity contribution in [3.8, 4) is 0 Å².